The highest BCUT2D eigenvalue weighted by Crippen LogP contribution is 2.16. The summed E-state index contributed by atoms with van der Waals surface area (Å²) in [4.78, 5) is 11.3. The molecule has 0 aliphatic heterocycles. The van der Waals surface area contributed by atoms with E-state index in [1.165, 1.54) is 19.4 Å². The number of ether oxygens (including phenoxy) is 1. The van der Waals surface area contributed by atoms with Gasteiger partial charge in [0.1, 0.15) is 11.3 Å². The zero-order chi connectivity index (χ0) is 10.1. The molecule has 0 spiro atoms. The molecule has 5 heteroatoms. The van der Waals surface area contributed by atoms with E-state index in [4.69, 9.17) is 4.74 Å². The van der Waals surface area contributed by atoms with Gasteiger partial charge in [-0.25, -0.2) is 0 Å². The maximum absolute atomic E-state index is 11.3. The van der Waals surface area contributed by atoms with E-state index >= 15 is 0 Å². The molecule has 0 bridgehead atoms. The summed E-state index contributed by atoms with van der Waals surface area (Å²) in [6.07, 6.45) is 2.33. The van der Waals surface area contributed by atoms with Crippen LogP contribution in [-0.4, -0.2) is 11.8 Å². The Balaban J connectivity index is 2.87. The van der Waals surface area contributed by atoms with Crippen molar-refractivity contribution < 1.29 is 9.16 Å². The van der Waals surface area contributed by atoms with Crippen molar-refractivity contribution in [2.75, 3.05) is 7.11 Å². The lowest BCUT2D eigenvalue weighted by molar-refractivity contribution is -0.464. The number of nitrogens with zero attached hydrogens (tertiary/aromatic N) is 2. The third-order valence-corrected chi connectivity index (χ3v) is 1.99. The summed E-state index contributed by atoms with van der Waals surface area (Å²) < 4.78 is 6.23. The highest BCUT2D eigenvalue weighted by Gasteiger charge is 2.07. The van der Waals surface area contributed by atoms with Gasteiger partial charge in [-0.05, 0) is 6.07 Å². The minimum absolute atomic E-state index is 0.293. The highest BCUT2D eigenvalue weighted by molar-refractivity contribution is 5.73. The molecule has 0 radical (unpaired) electrons. The van der Waals surface area contributed by atoms with Crippen LogP contribution in [0.1, 0.15) is 0 Å². The second kappa shape index (κ2) is 3.02. The molecule has 0 aliphatic carbocycles. The summed E-state index contributed by atoms with van der Waals surface area (Å²) in [6, 6.07) is 4.71. The Morgan fingerprint density at radius 2 is 2.29 bits per heavy atom. The van der Waals surface area contributed by atoms with E-state index in [1.54, 1.807) is 12.1 Å². The molecule has 2 rings (SSSR count). The Labute approximate surface area is 79.3 Å². The number of hydrogen-bond acceptors (Lipinski definition) is 3. The van der Waals surface area contributed by atoms with Gasteiger partial charge in [0.15, 0.2) is 0 Å². The van der Waals surface area contributed by atoms with E-state index in [0.717, 1.165) is 6.20 Å². The minimum Gasteiger partial charge on any atom is -0.805 e. The summed E-state index contributed by atoms with van der Waals surface area (Å²) in [5.74, 6) is 0.549. The first-order valence-electron chi connectivity index (χ1n) is 4.01. The van der Waals surface area contributed by atoms with Gasteiger partial charge in [-0.3, -0.25) is 0 Å². The largest absolute Gasteiger partial charge is 0.805 e. The van der Waals surface area contributed by atoms with Crippen molar-refractivity contribution in [1.82, 2.24) is 4.73 Å². The fourth-order valence-corrected chi connectivity index (χ4v) is 1.27. The number of benzene rings is 1. The summed E-state index contributed by atoms with van der Waals surface area (Å²) in [5.41, 5.74) is 0.616. The quantitative estimate of drug-likeness (QED) is 0.631. The molecule has 0 saturated carbocycles. The van der Waals surface area contributed by atoms with Crippen LogP contribution in [0.15, 0.2) is 30.6 Å². The van der Waals surface area contributed by atoms with E-state index in [-0.39, 0.29) is 0 Å². The smallest absolute Gasteiger partial charge is 0.286 e. The topological polar surface area (TPSA) is 60.2 Å². The second-order valence-corrected chi connectivity index (χ2v) is 2.80. The molecule has 0 unspecified atom stereocenters. The van der Waals surface area contributed by atoms with Crippen molar-refractivity contribution >= 4 is 11.0 Å². The standard InChI is InChI=1S/C9H8N2O3/c1-14-7-2-3-8-9(6-7)11(13)5-4-10(8)12/h2-6H,1H3. The number of aromatic nitrogens is 2. The monoisotopic (exact) mass is 192 g/mol. The van der Waals surface area contributed by atoms with E-state index in [0.29, 0.717) is 25.9 Å². The average Bonchev–Trinajstić information content (AvgIpc) is 2.23. The molecule has 1 aromatic heterocycles. The van der Waals surface area contributed by atoms with Crippen molar-refractivity contribution in [1.29, 1.82) is 0 Å². The molecule has 0 fully saturated rings. The lowest BCUT2D eigenvalue weighted by atomic mass is 10.3. The van der Waals surface area contributed by atoms with Gasteiger partial charge in [0, 0.05) is 17.0 Å². The number of methoxy groups -OCH3 is 1. The summed E-state index contributed by atoms with van der Waals surface area (Å²) >= 11 is 0. The van der Waals surface area contributed by atoms with Crippen molar-refractivity contribution in [3.63, 3.8) is 0 Å². The molecule has 0 saturated heterocycles. The zero-order valence-electron chi connectivity index (χ0n) is 7.51. The first-order valence-corrected chi connectivity index (χ1v) is 4.01. The van der Waals surface area contributed by atoms with Crippen LogP contribution in [-0.2, 0) is 0 Å². The molecule has 0 N–H and O–H groups in total. The molecular formula is C9H8N2O3. The lowest BCUT2D eigenvalue weighted by Crippen LogP contribution is -2.16. The van der Waals surface area contributed by atoms with Crippen molar-refractivity contribution in [2.45, 2.75) is 0 Å². The molecule has 2 aromatic rings. The van der Waals surface area contributed by atoms with Crippen LogP contribution in [0.4, 0.5) is 0 Å². The first-order chi connectivity index (χ1) is 6.72. The van der Waals surface area contributed by atoms with Gasteiger partial charge in [-0.15, -0.1) is 0 Å². The van der Waals surface area contributed by atoms with Crippen molar-refractivity contribution in [3.05, 3.63) is 40.7 Å². The summed E-state index contributed by atoms with van der Waals surface area (Å²) in [7, 11) is 1.50. The van der Waals surface area contributed by atoms with Crippen LogP contribution in [0.3, 0.4) is 0 Å². The predicted molar refractivity (Wildman–Crippen MR) is 50.6 cm³/mol. The maximum Gasteiger partial charge on any atom is 0.286 e. The van der Waals surface area contributed by atoms with Crippen LogP contribution in [0.5, 0.6) is 5.75 Å². The highest BCUT2D eigenvalue weighted by atomic mass is 16.5. The van der Waals surface area contributed by atoms with Gasteiger partial charge in [0.25, 0.3) is 5.52 Å². The molecule has 1 aromatic carbocycles. The third kappa shape index (κ3) is 1.19. The Morgan fingerprint density at radius 1 is 1.50 bits per heavy atom. The van der Waals surface area contributed by atoms with Crippen LogP contribution in [0.2, 0.25) is 0 Å². The fraction of sp³-hybridized carbons (Fsp3) is 0.111. The lowest BCUT2D eigenvalue weighted by Gasteiger charge is -2.10. The molecule has 0 atom stereocenters. The zero-order valence-corrected chi connectivity index (χ0v) is 7.51. The van der Waals surface area contributed by atoms with Crippen molar-refractivity contribution in [2.24, 2.45) is 0 Å². The van der Waals surface area contributed by atoms with Gasteiger partial charge in [-0.1, -0.05) is 0 Å². The fourth-order valence-electron chi connectivity index (χ4n) is 1.27. The number of hydrogen-bond donors (Lipinski definition) is 0. The Hall–Kier alpha value is -2.04. The van der Waals surface area contributed by atoms with Gasteiger partial charge >= 0.3 is 0 Å². The summed E-state index contributed by atoms with van der Waals surface area (Å²) in [5, 5.41) is 11.3. The molecule has 0 amide bonds. The van der Waals surface area contributed by atoms with Gasteiger partial charge in [0.2, 0.25) is 6.20 Å². The number of rotatable bonds is 1. The van der Waals surface area contributed by atoms with E-state index in [9.17, 15) is 10.1 Å². The number of fused-ring (bicyclic) bond motifs is 1. The van der Waals surface area contributed by atoms with E-state index < -0.39 is 0 Å². The van der Waals surface area contributed by atoms with Gasteiger partial charge in [0.05, 0.1) is 17.7 Å². The molecule has 0 aliphatic rings. The van der Waals surface area contributed by atoms with Crippen LogP contribution >= 0.6 is 0 Å². The van der Waals surface area contributed by atoms with Crippen molar-refractivity contribution in [3.8, 4) is 5.75 Å². The normalized spacial score (nSPS) is 10.4. The van der Waals surface area contributed by atoms with E-state index in [1.807, 2.05) is 0 Å². The Kier molecular flexibility index (Phi) is 1.85. The average molecular weight is 192 g/mol. The third-order valence-electron chi connectivity index (χ3n) is 1.99. The second-order valence-electron chi connectivity index (χ2n) is 2.80. The maximum atomic E-state index is 11.3. The van der Waals surface area contributed by atoms with Crippen LogP contribution in [0, 0.1) is 10.1 Å². The molecule has 72 valence electrons. The first kappa shape index (κ1) is 8.55. The van der Waals surface area contributed by atoms with Gasteiger partial charge in [-0.2, -0.15) is 0 Å². The molecule has 14 heavy (non-hydrogen) atoms. The molecule has 5 nitrogen and oxygen atoms in total. The van der Waals surface area contributed by atoms with Gasteiger partial charge < -0.3 is 14.7 Å². The minimum atomic E-state index is 0.293. The summed E-state index contributed by atoms with van der Waals surface area (Å²) in [6.45, 7) is 0. The van der Waals surface area contributed by atoms with Crippen LogP contribution < -0.4 is 9.16 Å². The SMILES string of the molecule is COc1ccc2c(c1)n([O-])cc[n+]2=O. The molecule has 1 heterocycles. The predicted octanol–water partition coefficient (Wildman–Crippen LogP) is 0.910. The van der Waals surface area contributed by atoms with E-state index in [2.05, 4.69) is 0 Å². The Morgan fingerprint density at radius 3 is 3.00 bits per heavy atom. The van der Waals surface area contributed by atoms with Crippen LogP contribution in [0.25, 0.3) is 11.0 Å². The molecular weight excluding hydrogens is 184 g/mol. The Bertz CT molecular complexity index is 533.